The Kier molecular flexibility index (Phi) is 16.6. The lowest BCUT2D eigenvalue weighted by Crippen LogP contribution is -2.44. The molecule has 0 aliphatic rings. The van der Waals surface area contributed by atoms with Crippen LogP contribution in [0.25, 0.3) is 33.5 Å². The number of nitrogens with two attached hydrogens (primary N) is 1. The Labute approximate surface area is 422 Å². The Balaban J connectivity index is 0.853. The zero-order valence-corrected chi connectivity index (χ0v) is 41.1. The minimum absolute atomic E-state index is 0.00618. The van der Waals surface area contributed by atoms with E-state index in [0.717, 1.165) is 0 Å². The average Bonchev–Trinajstić information content (AvgIpc) is 3.35. The van der Waals surface area contributed by atoms with Crippen molar-refractivity contribution in [1.82, 2.24) is 50.5 Å². The maximum absolute atomic E-state index is 15.5. The van der Waals surface area contributed by atoms with E-state index >= 15 is 4.39 Å². The lowest BCUT2D eigenvalue weighted by Gasteiger charge is -2.24. The van der Waals surface area contributed by atoms with Crippen LogP contribution in [0.1, 0.15) is 98.7 Å². The number of pyridine rings is 2. The topological polar surface area (TPSA) is 291 Å². The van der Waals surface area contributed by atoms with Crippen molar-refractivity contribution in [3.63, 3.8) is 0 Å². The normalized spacial score (nSPS) is 12.2. The number of hydrogen-bond donors (Lipinski definition) is 6. The molecule has 0 fully saturated rings. The van der Waals surface area contributed by atoms with E-state index < -0.39 is 41.2 Å². The Morgan fingerprint density at radius 1 is 0.918 bits per heavy atom. The molecular formula is C50H51ClF2N14O6. The van der Waals surface area contributed by atoms with Gasteiger partial charge < -0.3 is 41.6 Å². The zero-order valence-electron chi connectivity index (χ0n) is 40.4. The van der Waals surface area contributed by atoms with Crippen molar-refractivity contribution in [2.45, 2.75) is 91.0 Å². The molecule has 378 valence electrons. The van der Waals surface area contributed by atoms with Crippen molar-refractivity contribution in [3.05, 3.63) is 112 Å². The van der Waals surface area contributed by atoms with Crippen LogP contribution >= 0.6 is 11.6 Å². The van der Waals surface area contributed by atoms with Gasteiger partial charge in [-0.1, -0.05) is 11.6 Å². The highest BCUT2D eigenvalue weighted by molar-refractivity contribution is 6.35. The molecular weight excluding hydrogens is 966 g/mol. The number of anilines is 3. The number of esters is 1. The molecule has 0 bridgehead atoms. The van der Waals surface area contributed by atoms with Gasteiger partial charge in [-0.3, -0.25) is 9.59 Å². The van der Waals surface area contributed by atoms with Crippen molar-refractivity contribution in [2.75, 3.05) is 29.5 Å². The van der Waals surface area contributed by atoms with Crippen LogP contribution in [0, 0.1) is 29.9 Å². The first-order valence-electron chi connectivity index (χ1n) is 23.1. The number of ether oxygens (including phenoxy) is 2. The summed E-state index contributed by atoms with van der Waals surface area (Å²) < 4.78 is 41.6. The molecule has 0 saturated heterocycles. The number of rotatable bonds is 20. The number of aromatic nitrogens is 8. The number of nitrogens with one attached hydrogen (secondary N) is 4. The van der Waals surface area contributed by atoms with E-state index in [1.807, 2.05) is 6.07 Å². The second kappa shape index (κ2) is 23.2. The van der Waals surface area contributed by atoms with E-state index in [2.05, 4.69) is 61.1 Å². The molecule has 0 saturated carbocycles. The molecule has 0 spiro atoms. The first kappa shape index (κ1) is 52.4. The van der Waals surface area contributed by atoms with E-state index in [9.17, 15) is 29.1 Å². The Morgan fingerprint density at radius 3 is 2.40 bits per heavy atom. The minimum Gasteiger partial charge on any atom is -0.492 e. The molecule has 0 unspecified atom stereocenters. The van der Waals surface area contributed by atoms with Crippen molar-refractivity contribution in [1.29, 1.82) is 5.26 Å². The number of nitriles is 1. The van der Waals surface area contributed by atoms with Gasteiger partial charge in [-0.25, -0.2) is 43.5 Å². The fourth-order valence-corrected chi connectivity index (χ4v) is 7.52. The van der Waals surface area contributed by atoms with E-state index in [0.29, 0.717) is 48.6 Å². The van der Waals surface area contributed by atoms with Crippen LogP contribution in [0.5, 0.6) is 11.9 Å². The maximum atomic E-state index is 15.5. The van der Waals surface area contributed by atoms with Gasteiger partial charge in [0.2, 0.25) is 17.7 Å². The van der Waals surface area contributed by atoms with Crippen molar-refractivity contribution in [3.8, 4) is 29.2 Å². The number of amides is 2. The molecule has 23 heteroatoms. The Morgan fingerprint density at radius 2 is 1.67 bits per heavy atom. The van der Waals surface area contributed by atoms with Gasteiger partial charge in [-0.05, 0) is 103 Å². The highest BCUT2D eigenvalue weighted by atomic mass is 35.5. The summed E-state index contributed by atoms with van der Waals surface area (Å²) >= 11 is 6.67. The maximum Gasteiger partial charge on any atom is 0.329 e. The Bertz CT molecular complexity index is 3210. The molecule has 0 aliphatic heterocycles. The number of nitrogen functional groups attached to an aromatic ring is 1. The standard InChI is InChI=1S/C50H51ClF2N14O6/c1-26(33-19-28(21-54)9-14-34(33)52)62-42-39(51)27(2)61-37-20-35(53)40(65-41(37)42)30-22-59-49(60-23-30)72-18-8-6-7-17-56-38(68)16-15-36(47(71)73-50(3,4)5)64-45(69)29-10-12-31(13-11-29)57-24-32-25-58-44-43(63-32)46(70)67-48(55)66-44/h9-14,19-20,22-23,25-26,36,57H,6-8,15-18,24H2,1-5H3,(H,56,68)(H,61,62)(H,64,69)(H3,55,58,66,67,70)/t26-,36+/m1/s1. The molecule has 2 atom stereocenters. The minimum atomic E-state index is -1.10. The molecule has 5 heterocycles. The third kappa shape index (κ3) is 13.7. The predicted molar refractivity (Wildman–Crippen MR) is 267 cm³/mol. The lowest BCUT2D eigenvalue weighted by atomic mass is 10.0. The number of carbonyl (C=O) groups excluding carboxylic acids is 3. The molecule has 20 nitrogen and oxygen atoms in total. The van der Waals surface area contributed by atoms with E-state index in [1.54, 1.807) is 58.9 Å². The summed E-state index contributed by atoms with van der Waals surface area (Å²) in [4.78, 5) is 72.9. The van der Waals surface area contributed by atoms with Gasteiger partial charge in [0.1, 0.15) is 28.7 Å². The summed E-state index contributed by atoms with van der Waals surface area (Å²) in [5, 5.41) is 31.5. The number of benzene rings is 2. The van der Waals surface area contributed by atoms with Crippen molar-refractivity contribution in [2.24, 2.45) is 0 Å². The number of halogens is 3. The Hall–Kier alpha value is -8.45. The summed E-state index contributed by atoms with van der Waals surface area (Å²) in [6.45, 7) is 9.33. The van der Waals surface area contributed by atoms with Gasteiger partial charge >= 0.3 is 12.0 Å². The molecule has 73 heavy (non-hydrogen) atoms. The molecule has 5 aromatic heterocycles. The van der Waals surface area contributed by atoms with Gasteiger partial charge in [0.05, 0.1) is 64.6 Å². The van der Waals surface area contributed by atoms with E-state index in [1.165, 1.54) is 42.9 Å². The summed E-state index contributed by atoms with van der Waals surface area (Å²) in [5.41, 5.74) is 8.24. The highest BCUT2D eigenvalue weighted by Gasteiger charge is 2.28. The number of fused-ring (bicyclic) bond motifs is 2. The fraction of sp³-hybridized carbons (Fsp3) is 0.320. The lowest BCUT2D eigenvalue weighted by molar-refractivity contribution is -0.157. The monoisotopic (exact) mass is 1020 g/mol. The van der Waals surface area contributed by atoms with Crippen LogP contribution in [-0.2, 0) is 20.9 Å². The molecule has 0 radical (unpaired) electrons. The van der Waals surface area contributed by atoms with Crippen LogP contribution in [0.4, 0.5) is 26.1 Å². The number of hydrogen-bond acceptors (Lipinski definition) is 18. The molecule has 0 aliphatic carbocycles. The van der Waals surface area contributed by atoms with E-state index in [4.69, 9.17) is 26.8 Å². The quantitative estimate of drug-likeness (QED) is 0.0316. The smallest absolute Gasteiger partial charge is 0.329 e. The van der Waals surface area contributed by atoms with Gasteiger partial charge in [0.15, 0.2) is 17.0 Å². The van der Waals surface area contributed by atoms with Crippen LogP contribution in [-0.4, -0.2) is 87.6 Å². The van der Waals surface area contributed by atoms with Crippen LogP contribution in [0.15, 0.2) is 67.1 Å². The van der Waals surface area contributed by atoms with Crippen LogP contribution in [0.2, 0.25) is 5.02 Å². The van der Waals surface area contributed by atoms with Crippen LogP contribution in [0.3, 0.4) is 0 Å². The number of aryl methyl sites for hydroxylation is 1. The molecule has 2 amide bonds. The number of nitrogens with zero attached hydrogens (tertiary/aromatic N) is 9. The first-order chi connectivity index (χ1) is 34.8. The molecule has 7 N–H and O–H groups in total. The zero-order chi connectivity index (χ0) is 52.4. The molecule has 2 aromatic carbocycles. The molecule has 7 aromatic rings. The fourth-order valence-electron chi connectivity index (χ4n) is 7.34. The van der Waals surface area contributed by atoms with Gasteiger partial charge in [0, 0.05) is 53.8 Å². The third-order valence-electron chi connectivity index (χ3n) is 11.0. The first-order valence-corrected chi connectivity index (χ1v) is 23.4. The van der Waals surface area contributed by atoms with Gasteiger partial charge in [-0.15, -0.1) is 0 Å². The second-order valence-electron chi connectivity index (χ2n) is 17.8. The SMILES string of the molecule is Cc1nc2cc(F)c(-c3cnc(OCCCCCNC(=O)CC[C@H](NC(=O)c4ccc(NCc5cnc6nc(N)nc(O)c6n5)cc4)C(=O)OC(C)(C)C)nc3)nc2c(N[C@H](C)c2cc(C#N)ccc2F)c1Cl. The third-order valence-corrected chi connectivity index (χ3v) is 11.4. The summed E-state index contributed by atoms with van der Waals surface area (Å²) in [7, 11) is 0. The van der Waals surface area contributed by atoms with Crippen molar-refractivity contribution >= 4 is 68.9 Å². The van der Waals surface area contributed by atoms with E-state index in [-0.39, 0.29) is 105 Å². The summed E-state index contributed by atoms with van der Waals surface area (Å²) in [5.74, 6) is -3.23. The average molecular weight is 1020 g/mol. The number of aromatic hydroxyl groups is 1. The second-order valence-corrected chi connectivity index (χ2v) is 18.1. The van der Waals surface area contributed by atoms with Gasteiger partial charge in [-0.2, -0.15) is 15.2 Å². The molecule has 7 rings (SSSR count). The highest BCUT2D eigenvalue weighted by Crippen LogP contribution is 2.36. The summed E-state index contributed by atoms with van der Waals surface area (Å²) in [6, 6.07) is 12.1. The predicted octanol–water partition coefficient (Wildman–Crippen LogP) is 7.59. The van der Waals surface area contributed by atoms with Crippen molar-refractivity contribution < 1.29 is 37.7 Å². The van der Waals surface area contributed by atoms with Crippen LogP contribution < -0.4 is 31.7 Å². The van der Waals surface area contributed by atoms with Gasteiger partial charge in [0.25, 0.3) is 5.91 Å². The number of unbranched alkanes of at least 4 members (excludes halogenated alkanes) is 2. The largest absolute Gasteiger partial charge is 0.492 e. The summed E-state index contributed by atoms with van der Waals surface area (Å²) in [6.07, 6.45) is 6.09. The number of carbonyl (C=O) groups is 3.